The van der Waals surface area contributed by atoms with Crippen molar-refractivity contribution in [1.29, 1.82) is 0 Å². The molecule has 2 bridgehead atoms. The highest BCUT2D eigenvalue weighted by molar-refractivity contribution is 8.04. The van der Waals surface area contributed by atoms with Crippen molar-refractivity contribution in [2.45, 2.75) is 19.7 Å². The van der Waals surface area contributed by atoms with Gasteiger partial charge in [0.15, 0.2) is 9.08 Å². The Labute approximate surface area is 167 Å². The number of benzene rings is 2. The zero-order chi connectivity index (χ0) is 17.8. The molecule has 0 unspecified atom stereocenters. The van der Waals surface area contributed by atoms with E-state index in [1.165, 1.54) is 0 Å². The second-order valence-corrected chi connectivity index (χ2v) is 9.87. The van der Waals surface area contributed by atoms with Gasteiger partial charge < -0.3 is 0 Å². The fraction of sp³-hybridized carbons (Fsp3) is 0.222. The van der Waals surface area contributed by atoms with Crippen LogP contribution in [0.3, 0.4) is 0 Å². The van der Waals surface area contributed by atoms with Gasteiger partial charge in [0.2, 0.25) is 0 Å². The van der Waals surface area contributed by atoms with Crippen LogP contribution in [0.25, 0.3) is 11.1 Å². The highest BCUT2D eigenvalue weighted by Gasteiger charge is 2.89. The predicted molar refractivity (Wildman–Crippen MR) is 101 cm³/mol. The van der Waals surface area contributed by atoms with Gasteiger partial charge >= 0.3 is 5.92 Å². The molecule has 7 heteroatoms. The summed E-state index contributed by atoms with van der Waals surface area (Å²) < 4.78 is 27.4. The molecule has 0 nitrogen and oxygen atoms in total. The first-order chi connectivity index (χ1) is 11.7. The average Bonchev–Trinajstić information content (AvgIpc) is 3.00. The summed E-state index contributed by atoms with van der Waals surface area (Å²) in [6.07, 6.45) is 0. The maximum Gasteiger partial charge on any atom is 0.306 e. The number of thioether (sulfide) groups is 1. The molecule has 1 aliphatic heterocycles. The van der Waals surface area contributed by atoms with Crippen molar-refractivity contribution in [1.82, 2.24) is 0 Å². The molecule has 0 saturated carbocycles. The van der Waals surface area contributed by atoms with E-state index < -0.39 is 19.7 Å². The van der Waals surface area contributed by atoms with Gasteiger partial charge in [0.25, 0.3) is 0 Å². The molecule has 0 radical (unpaired) electrons. The number of halogens is 6. The van der Waals surface area contributed by atoms with Crippen LogP contribution in [0.1, 0.15) is 11.1 Å². The summed E-state index contributed by atoms with van der Waals surface area (Å²) in [7, 11) is 0. The van der Waals surface area contributed by atoms with Crippen LogP contribution in [0.4, 0.5) is 8.78 Å². The maximum atomic E-state index is 15.5. The monoisotopic (exact) mass is 434 g/mol. The smallest absolute Gasteiger partial charge is 0.201 e. The van der Waals surface area contributed by atoms with E-state index in [4.69, 9.17) is 46.4 Å². The molecule has 25 heavy (non-hydrogen) atoms. The third-order valence-electron chi connectivity index (χ3n) is 5.30. The van der Waals surface area contributed by atoms with E-state index >= 15 is 8.78 Å². The van der Waals surface area contributed by atoms with Gasteiger partial charge in [-0.1, -0.05) is 83.3 Å². The summed E-state index contributed by atoms with van der Waals surface area (Å²) in [5, 5.41) is -0.561. The molecule has 1 saturated heterocycles. The van der Waals surface area contributed by atoms with E-state index in [0.29, 0.717) is 11.1 Å². The second-order valence-electron chi connectivity index (χ2n) is 6.33. The molecule has 1 heterocycles. The lowest BCUT2D eigenvalue weighted by Gasteiger charge is -2.41. The number of alkyl halides is 4. The summed E-state index contributed by atoms with van der Waals surface area (Å²) >= 11 is 26.4. The molecule has 2 aliphatic carbocycles. The summed E-state index contributed by atoms with van der Waals surface area (Å²) in [6, 6.07) is 14.7. The van der Waals surface area contributed by atoms with Crippen molar-refractivity contribution < 1.29 is 8.78 Å². The Morgan fingerprint density at radius 1 is 0.760 bits per heavy atom. The van der Waals surface area contributed by atoms with E-state index in [1.807, 2.05) is 36.4 Å². The Morgan fingerprint density at radius 2 is 1.24 bits per heavy atom. The van der Waals surface area contributed by atoms with Gasteiger partial charge in [-0.15, -0.1) is 23.4 Å². The third kappa shape index (κ3) is 1.46. The van der Waals surface area contributed by atoms with Crippen LogP contribution >= 0.6 is 58.2 Å². The lowest BCUT2D eigenvalue weighted by atomic mass is 9.80. The molecule has 128 valence electrons. The Bertz CT molecular complexity index is 943. The van der Waals surface area contributed by atoms with E-state index in [0.717, 1.165) is 22.9 Å². The van der Waals surface area contributed by atoms with Crippen LogP contribution in [0.15, 0.2) is 58.6 Å². The fourth-order valence-corrected chi connectivity index (χ4v) is 8.30. The molecular weight excluding hydrogens is 428 g/mol. The van der Waals surface area contributed by atoms with Crippen molar-refractivity contribution in [2.24, 2.45) is 0 Å². The normalized spacial score (nSPS) is 33.0. The largest absolute Gasteiger partial charge is 0.306 e. The standard InChI is InChI=1S/C18H8Cl4F2S/c19-13-14(20)17(22)18(23,24)16(13,21)15(25-17)11-7-3-1-5-9(11)10-6-2-4-8-12(10)15/h1-8H/t16-,17+/m1/s1. The van der Waals surface area contributed by atoms with Gasteiger partial charge in [0, 0.05) is 0 Å². The molecule has 0 amide bonds. The van der Waals surface area contributed by atoms with Crippen LogP contribution in [0.2, 0.25) is 0 Å². The quantitative estimate of drug-likeness (QED) is 0.405. The lowest BCUT2D eigenvalue weighted by molar-refractivity contribution is -0.0192. The van der Waals surface area contributed by atoms with Gasteiger partial charge in [-0.25, -0.2) is 8.78 Å². The Hall–Kier alpha value is -0.450. The molecule has 2 aromatic rings. The lowest BCUT2D eigenvalue weighted by Crippen LogP contribution is -2.52. The van der Waals surface area contributed by atoms with Crippen molar-refractivity contribution in [3.63, 3.8) is 0 Å². The van der Waals surface area contributed by atoms with Gasteiger partial charge in [-0.05, 0) is 22.3 Å². The van der Waals surface area contributed by atoms with E-state index in [-0.39, 0.29) is 10.1 Å². The van der Waals surface area contributed by atoms with Gasteiger partial charge in [0.05, 0.1) is 14.8 Å². The van der Waals surface area contributed by atoms with Crippen LogP contribution in [0, 0.1) is 0 Å². The maximum absolute atomic E-state index is 15.5. The van der Waals surface area contributed by atoms with Crippen molar-refractivity contribution in [2.75, 3.05) is 0 Å². The van der Waals surface area contributed by atoms with Crippen LogP contribution in [-0.2, 0) is 4.75 Å². The van der Waals surface area contributed by atoms with Gasteiger partial charge in [0.1, 0.15) is 0 Å². The molecular formula is C18H8Cl4F2S. The second kappa shape index (κ2) is 4.69. The van der Waals surface area contributed by atoms with Gasteiger partial charge in [-0.2, -0.15) is 0 Å². The highest BCUT2D eigenvalue weighted by Crippen LogP contribution is 2.84. The Kier molecular flexibility index (Phi) is 3.13. The zero-order valence-corrected chi connectivity index (χ0v) is 16.1. The summed E-state index contributed by atoms with van der Waals surface area (Å²) in [5.41, 5.74) is 3.08. The third-order valence-corrected chi connectivity index (χ3v) is 9.92. The molecule has 1 spiro atoms. The summed E-state index contributed by atoms with van der Waals surface area (Å²) in [5.74, 6) is -3.54. The van der Waals surface area contributed by atoms with E-state index in [1.54, 1.807) is 12.1 Å². The SMILES string of the molecule is FC1(F)[C@@]2(Cl)C(Cl)=C(Cl)[C@]1(Cl)SC21c2ccccc2-c2ccccc21. The van der Waals surface area contributed by atoms with Crippen LogP contribution in [0.5, 0.6) is 0 Å². The van der Waals surface area contributed by atoms with Crippen LogP contribution < -0.4 is 0 Å². The van der Waals surface area contributed by atoms with E-state index in [9.17, 15) is 0 Å². The minimum Gasteiger partial charge on any atom is -0.201 e. The first-order valence-corrected chi connectivity index (χ1v) is 9.78. The number of hydrogen-bond donors (Lipinski definition) is 0. The fourth-order valence-electron chi connectivity index (χ4n) is 4.23. The van der Waals surface area contributed by atoms with E-state index in [2.05, 4.69) is 0 Å². The zero-order valence-electron chi connectivity index (χ0n) is 12.3. The van der Waals surface area contributed by atoms with Gasteiger partial charge in [-0.3, -0.25) is 0 Å². The molecule has 1 fully saturated rings. The minimum absolute atomic E-state index is 0.277. The summed E-state index contributed by atoms with van der Waals surface area (Å²) in [4.78, 5) is -2.26. The molecule has 0 N–H and O–H groups in total. The Morgan fingerprint density at radius 3 is 1.68 bits per heavy atom. The molecule has 5 rings (SSSR count). The van der Waals surface area contributed by atoms with Crippen LogP contribution in [-0.4, -0.2) is 15.0 Å². The molecule has 0 aromatic heterocycles. The topological polar surface area (TPSA) is 0 Å². The first-order valence-electron chi connectivity index (χ1n) is 7.45. The molecule has 2 aromatic carbocycles. The van der Waals surface area contributed by atoms with Crippen molar-refractivity contribution >= 4 is 58.2 Å². The van der Waals surface area contributed by atoms with Crippen molar-refractivity contribution in [3.8, 4) is 11.1 Å². The number of fused-ring (bicyclic) bond motifs is 8. The first kappa shape index (κ1) is 16.7. The highest BCUT2D eigenvalue weighted by atomic mass is 35.5. The molecule has 2 atom stereocenters. The number of allylic oxidation sites excluding steroid dienone is 1. The predicted octanol–water partition coefficient (Wildman–Crippen LogP) is 6.91. The van der Waals surface area contributed by atoms with Crippen molar-refractivity contribution in [3.05, 3.63) is 69.7 Å². The number of hydrogen-bond acceptors (Lipinski definition) is 1. The molecule has 3 aliphatic rings. The minimum atomic E-state index is -3.54. The average molecular weight is 436 g/mol. The summed E-state index contributed by atoms with van der Waals surface area (Å²) in [6.45, 7) is 0. The Balaban J connectivity index is 1.97. The number of rotatable bonds is 0.